The van der Waals surface area contributed by atoms with Crippen molar-refractivity contribution in [3.05, 3.63) is 83.7 Å². The van der Waals surface area contributed by atoms with Gasteiger partial charge in [0.05, 0.1) is 6.61 Å². The predicted octanol–water partition coefficient (Wildman–Crippen LogP) is 9.10. The van der Waals surface area contributed by atoms with Gasteiger partial charge in [0.1, 0.15) is 11.4 Å². The maximum atomic E-state index is 13.0. The van der Waals surface area contributed by atoms with Crippen LogP contribution in [0, 0.1) is 5.82 Å². The third-order valence-corrected chi connectivity index (χ3v) is 5.40. The molecule has 0 N–H and O–H groups in total. The van der Waals surface area contributed by atoms with Crippen molar-refractivity contribution in [2.24, 2.45) is 4.99 Å². The lowest BCUT2D eigenvalue weighted by Crippen LogP contribution is -2.55. The zero-order valence-corrected chi connectivity index (χ0v) is 28.1. The van der Waals surface area contributed by atoms with Crippen molar-refractivity contribution >= 4 is 18.2 Å². The van der Waals surface area contributed by atoms with Crippen LogP contribution in [0.25, 0.3) is 6.08 Å². The lowest BCUT2D eigenvalue weighted by molar-refractivity contribution is -0.138. The average Bonchev–Trinajstić information content (AvgIpc) is 2.98. The Kier molecular flexibility index (Phi) is 26.5. The Balaban J connectivity index is -0.000000688. The topological polar surface area (TPSA) is 45.1 Å². The van der Waals surface area contributed by atoms with E-state index in [9.17, 15) is 9.18 Å². The normalized spacial score (nSPS) is 12.1. The summed E-state index contributed by atoms with van der Waals surface area (Å²) in [5, 5.41) is 0. The van der Waals surface area contributed by atoms with Gasteiger partial charge < -0.3 is 9.64 Å². The average molecular weight is 572 g/mol. The zero-order valence-electron chi connectivity index (χ0n) is 28.1. The summed E-state index contributed by atoms with van der Waals surface area (Å²) in [5.74, 6) is 0.422. The molecule has 0 spiro atoms. The van der Waals surface area contributed by atoms with Crippen molar-refractivity contribution in [2.75, 3.05) is 33.8 Å². The largest absolute Gasteiger partial charge is 0.486 e. The summed E-state index contributed by atoms with van der Waals surface area (Å²) < 4.78 is 18.4. The molecule has 0 fully saturated rings. The molecule has 1 rings (SSSR count). The van der Waals surface area contributed by atoms with Crippen LogP contribution in [0.3, 0.4) is 0 Å². The van der Waals surface area contributed by atoms with Gasteiger partial charge in [-0.1, -0.05) is 90.8 Å². The minimum atomic E-state index is -0.704. The summed E-state index contributed by atoms with van der Waals surface area (Å²) in [6.45, 7) is 29.4. The van der Waals surface area contributed by atoms with Gasteiger partial charge in [0.2, 0.25) is 5.91 Å². The Morgan fingerprint density at radius 1 is 1.07 bits per heavy atom. The van der Waals surface area contributed by atoms with Crippen LogP contribution < -0.4 is 0 Å². The monoisotopic (exact) mass is 571 g/mol. The van der Waals surface area contributed by atoms with Gasteiger partial charge in [-0.2, -0.15) is 0 Å². The molecule has 5 nitrogen and oxygen atoms in total. The molecule has 1 aromatic carbocycles. The fourth-order valence-electron chi connectivity index (χ4n) is 3.54. The van der Waals surface area contributed by atoms with Gasteiger partial charge in [-0.15, -0.1) is 0 Å². The number of amides is 1. The Bertz CT molecular complexity index is 981. The van der Waals surface area contributed by atoms with E-state index in [1.165, 1.54) is 12.1 Å². The molecular formula is C35H58FN3O2. The first kappa shape index (κ1) is 42.3. The highest BCUT2D eigenvalue weighted by atomic mass is 19.1. The van der Waals surface area contributed by atoms with Crippen LogP contribution in [0.2, 0.25) is 0 Å². The zero-order chi connectivity index (χ0) is 32.4. The molecule has 0 aliphatic heterocycles. The Labute approximate surface area is 251 Å². The molecule has 1 unspecified atom stereocenters. The molecule has 0 bridgehead atoms. The first-order valence-electron chi connectivity index (χ1n) is 14.8. The smallest absolute Gasteiger partial charge is 0.246 e. The molecular weight excluding hydrogens is 513 g/mol. The van der Waals surface area contributed by atoms with E-state index in [1.807, 2.05) is 73.6 Å². The van der Waals surface area contributed by atoms with Crippen molar-refractivity contribution in [3.63, 3.8) is 0 Å². The first-order valence-corrected chi connectivity index (χ1v) is 14.8. The summed E-state index contributed by atoms with van der Waals surface area (Å²) in [6, 6.07) is 6.30. The summed E-state index contributed by atoms with van der Waals surface area (Å²) in [4.78, 5) is 20.7. The number of allylic oxidation sites excluding steroid dienone is 3. The van der Waals surface area contributed by atoms with E-state index in [0.29, 0.717) is 12.4 Å². The molecule has 1 atom stereocenters. The number of benzene rings is 1. The maximum Gasteiger partial charge on any atom is 0.246 e. The number of hydrogen-bond acceptors (Lipinski definition) is 4. The number of carbonyl (C=O) groups excluding carboxylic acids is 1. The van der Waals surface area contributed by atoms with Crippen molar-refractivity contribution in [1.82, 2.24) is 9.80 Å². The fraction of sp³-hybridized carbons (Fsp3) is 0.514. The molecule has 1 amide bonds. The van der Waals surface area contributed by atoms with E-state index in [2.05, 4.69) is 42.6 Å². The van der Waals surface area contributed by atoms with E-state index in [0.717, 1.165) is 42.8 Å². The number of hydrogen-bond donors (Lipinski definition) is 0. The van der Waals surface area contributed by atoms with Crippen molar-refractivity contribution in [3.8, 4) is 0 Å². The van der Waals surface area contributed by atoms with Crippen LogP contribution in [0.1, 0.15) is 87.6 Å². The number of halogens is 1. The lowest BCUT2D eigenvalue weighted by atomic mass is 9.95. The second-order valence-electron chi connectivity index (χ2n) is 8.90. The van der Waals surface area contributed by atoms with Crippen molar-refractivity contribution in [2.45, 2.75) is 87.6 Å². The van der Waals surface area contributed by atoms with E-state index >= 15 is 0 Å². The Hall–Kier alpha value is -3.21. The van der Waals surface area contributed by atoms with Gasteiger partial charge in [0, 0.05) is 31.6 Å². The van der Waals surface area contributed by atoms with Crippen LogP contribution in [0.4, 0.5) is 4.39 Å². The molecule has 41 heavy (non-hydrogen) atoms. The minimum absolute atomic E-state index is 0.0535. The first-order chi connectivity index (χ1) is 19.5. The highest BCUT2D eigenvalue weighted by Gasteiger charge is 2.37. The standard InChI is InChI=1S/C19H29FN2O.C12H17NO.2C2H6/c1-6-14-22(15-7-2)19(3,18(23)21(4)5)13-12-16-8-10-17(20)11-9-16;1-6-11(9-13-10(4)5)12(7-2)14-8-3;2*1-2/h8-13H,6-7,14-15H2,1-5H3;6,9H,2,4,8H2,1,3,5H3;2*1-2H3/b13-12+;11-6+,13-9?;;. The van der Waals surface area contributed by atoms with Crippen molar-refractivity contribution in [1.29, 1.82) is 0 Å². The third-order valence-electron chi connectivity index (χ3n) is 5.40. The molecule has 0 aliphatic rings. The summed E-state index contributed by atoms with van der Waals surface area (Å²) in [6.07, 6.45) is 9.41. The molecule has 0 saturated heterocycles. The molecule has 6 heteroatoms. The second kappa shape index (κ2) is 25.7. The van der Waals surface area contributed by atoms with Gasteiger partial charge >= 0.3 is 0 Å². The number of aliphatic imine (C=N–C) groups is 1. The summed E-state index contributed by atoms with van der Waals surface area (Å²) >= 11 is 0. The summed E-state index contributed by atoms with van der Waals surface area (Å²) in [7, 11) is 3.56. The van der Waals surface area contributed by atoms with Crippen molar-refractivity contribution < 1.29 is 13.9 Å². The molecule has 0 aliphatic carbocycles. The predicted molar refractivity (Wildman–Crippen MR) is 179 cm³/mol. The van der Waals surface area contributed by atoms with Crippen LogP contribution in [-0.4, -0.2) is 61.3 Å². The number of ether oxygens (including phenoxy) is 1. The molecule has 232 valence electrons. The number of likely N-dealkylation sites (N-methyl/N-ethyl adjacent to an activating group) is 1. The highest BCUT2D eigenvalue weighted by Crippen LogP contribution is 2.22. The molecule has 0 heterocycles. The minimum Gasteiger partial charge on any atom is -0.486 e. The third kappa shape index (κ3) is 17.3. The van der Waals surface area contributed by atoms with E-state index in [1.54, 1.807) is 37.3 Å². The lowest BCUT2D eigenvalue weighted by Gasteiger charge is -2.39. The van der Waals surface area contributed by atoms with Crippen LogP contribution >= 0.6 is 0 Å². The molecule has 0 radical (unpaired) electrons. The molecule has 0 saturated carbocycles. The number of nitrogens with zero attached hydrogens (tertiary/aromatic N) is 3. The molecule has 1 aromatic rings. The summed E-state index contributed by atoms with van der Waals surface area (Å²) in [5.41, 5.74) is 4.53. The van der Waals surface area contributed by atoms with Gasteiger partial charge in [-0.3, -0.25) is 14.7 Å². The number of carbonyl (C=O) groups is 1. The van der Waals surface area contributed by atoms with E-state index in [4.69, 9.17) is 4.74 Å². The van der Waals surface area contributed by atoms with E-state index < -0.39 is 5.54 Å². The Morgan fingerprint density at radius 2 is 1.59 bits per heavy atom. The van der Waals surface area contributed by atoms with Crippen LogP contribution in [0.15, 0.2) is 77.3 Å². The SMILES string of the molecule is C=C=C(OCC)/C(C=NC(=C)C)=C/C.CC.CC.CCCN(CCC)C(C)(/C=C/c1ccc(F)cc1)C(=O)N(C)C. The van der Waals surface area contributed by atoms with Gasteiger partial charge in [-0.25, -0.2) is 4.39 Å². The van der Waals surface area contributed by atoms with E-state index in [-0.39, 0.29) is 11.7 Å². The van der Waals surface area contributed by atoms with Crippen LogP contribution in [-0.2, 0) is 9.53 Å². The fourth-order valence-corrected chi connectivity index (χ4v) is 3.54. The number of rotatable bonds is 13. The van der Waals surface area contributed by atoms with Gasteiger partial charge in [-0.05, 0) is 71.3 Å². The quantitative estimate of drug-likeness (QED) is 0.103. The van der Waals surface area contributed by atoms with Crippen LogP contribution in [0.5, 0.6) is 0 Å². The second-order valence-corrected chi connectivity index (χ2v) is 8.90. The maximum absolute atomic E-state index is 13.0. The van der Waals surface area contributed by atoms with Gasteiger partial charge in [0.25, 0.3) is 0 Å². The van der Waals surface area contributed by atoms with Gasteiger partial charge in [0.15, 0.2) is 5.76 Å². The highest BCUT2D eigenvalue weighted by molar-refractivity contribution is 5.89. The Morgan fingerprint density at radius 3 is 1.95 bits per heavy atom. The molecule has 0 aromatic heterocycles.